The fourth-order valence-electron chi connectivity index (χ4n) is 3.14. The number of hydrogen-bond acceptors (Lipinski definition) is 5. The van der Waals surface area contributed by atoms with Crippen LogP contribution in [0.4, 0.5) is 0 Å². The molecule has 0 saturated carbocycles. The third-order valence-corrected chi connectivity index (χ3v) is 4.45. The molecule has 1 amide bonds. The Morgan fingerprint density at radius 3 is 3.04 bits per heavy atom. The molecule has 7 nitrogen and oxygen atoms in total. The minimum absolute atomic E-state index is 0. The topological polar surface area (TPSA) is 91.9 Å². The van der Waals surface area contributed by atoms with Crippen LogP contribution in [0.2, 0.25) is 0 Å². The fourth-order valence-corrected chi connectivity index (χ4v) is 3.14. The standard InChI is InChI=1S/C18H19N5O2.ClH/c1-25-16-8-11(12-4-2-3-5-14(12)21-16)9-20-18(24)17-13-10-19-7-6-15(13)22-23-17;/h2-5,8,19H,6-7,9-10H2,1H3,(H,20,24)(H,22,23);1H. The predicted octanol–water partition coefficient (Wildman–Crippen LogP) is 1.96. The number of nitrogens with one attached hydrogen (secondary N) is 3. The van der Waals surface area contributed by atoms with Gasteiger partial charge >= 0.3 is 0 Å². The molecule has 3 N–H and O–H groups in total. The number of fused-ring (bicyclic) bond motifs is 2. The number of hydrogen-bond donors (Lipinski definition) is 3. The number of carbonyl (C=O) groups is 1. The van der Waals surface area contributed by atoms with Crippen molar-refractivity contribution in [2.75, 3.05) is 13.7 Å². The number of rotatable bonds is 4. The van der Waals surface area contributed by atoms with Crippen LogP contribution in [0.1, 0.15) is 27.3 Å². The van der Waals surface area contributed by atoms with Crippen LogP contribution >= 0.6 is 12.4 Å². The Bertz CT molecular complexity index is 940. The summed E-state index contributed by atoms with van der Waals surface area (Å²) in [6.45, 7) is 1.95. The van der Waals surface area contributed by atoms with E-state index in [0.717, 1.165) is 40.7 Å². The zero-order valence-corrected chi connectivity index (χ0v) is 15.2. The number of aromatic nitrogens is 3. The molecule has 4 rings (SSSR count). The summed E-state index contributed by atoms with van der Waals surface area (Å²) in [4.78, 5) is 17.0. The monoisotopic (exact) mass is 373 g/mol. The molecule has 2 aromatic heterocycles. The van der Waals surface area contributed by atoms with E-state index in [9.17, 15) is 4.79 Å². The molecule has 0 radical (unpaired) electrons. The van der Waals surface area contributed by atoms with E-state index in [4.69, 9.17) is 4.74 Å². The average molecular weight is 374 g/mol. The van der Waals surface area contributed by atoms with Crippen LogP contribution in [0.15, 0.2) is 30.3 Å². The SMILES string of the molecule is COc1cc(CNC(=O)c2n[nH]c3c2CNCC3)c2ccccc2n1.Cl. The van der Waals surface area contributed by atoms with Crippen LogP contribution in [0.25, 0.3) is 10.9 Å². The number of ether oxygens (including phenoxy) is 1. The number of pyridine rings is 1. The van der Waals surface area contributed by atoms with Gasteiger partial charge < -0.3 is 15.4 Å². The number of halogens is 1. The van der Waals surface area contributed by atoms with Crippen molar-refractivity contribution < 1.29 is 9.53 Å². The van der Waals surface area contributed by atoms with E-state index in [1.165, 1.54) is 0 Å². The summed E-state index contributed by atoms with van der Waals surface area (Å²) in [5.74, 6) is 0.352. The van der Waals surface area contributed by atoms with E-state index in [-0.39, 0.29) is 18.3 Å². The summed E-state index contributed by atoms with van der Waals surface area (Å²) in [7, 11) is 1.59. The van der Waals surface area contributed by atoms with Gasteiger partial charge in [-0.25, -0.2) is 4.98 Å². The minimum Gasteiger partial charge on any atom is -0.481 e. The van der Waals surface area contributed by atoms with E-state index in [1.807, 2.05) is 30.3 Å². The number of H-pyrrole nitrogens is 1. The molecule has 1 aliphatic heterocycles. The van der Waals surface area contributed by atoms with Crippen molar-refractivity contribution in [2.45, 2.75) is 19.5 Å². The normalized spacial score (nSPS) is 13.0. The van der Waals surface area contributed by atoms with Crippen LogP contribution in [-0.2, 0) is 19.5 Å². The van der Waals surface area contributed by atoms with E-state index in [0.29, 0.717) is 24.7 Å². The zero-order chi connectivity index (χ0) is 17.2. The highest BCUT2D eigenvalue weighted by Gasteiger charge is 2.21. The van der Waals surface area contributed by atoms with Crippen molar-refractivity contribution in [1.82, 2.24) is 25.8 Å². The number of benzene rings is 1. The molecule has 0 aliphatic carbocycles. The molecule has 3 heterocycles. The number of aromatic amines is 1. The molecule has 8 heteroatoms. The summed E-state index contributed by atoms with van der Waals surface area (Å²) >= 11 is 0. The Hall–Kier alpha value is -2.64. The Kier molecular flexibility index (Phi) is 5.39. The van der Waals surface area contributed by atoms with Gasteiger partial charge in [-0.3, -0.25) is 9.89 Å². The van der Waals surface area contributed by atoms with Crippen molar-refractivity contribution in [2.24, 2.45) is 0 Å². The molecule has 0 fully saturated rings. The highest BCUT2D eigenvalue weighted by Crippen LogP contribution is 2.22. The summed E-state index contributed by atoms with van der Waals surface area (Å²) in [5.41, 5.74) is 4.26. The molecule has 0 saturated heterocycles. The maximum atomic E-state index is 12.6. The summed E-state index contributed by atoms with van der Waals surface area (Å²) in [5, 5.41) is 14.4. The van der Waals surface area contributed by atoms with Crippen molar-refractivity contribution in [3.63, 3.8) is 0 Å². The second-order valence-corrected chi connectivity index (χ2v) is 5.98. The van der Waals surface area contributed by atoms with Gasteiger partial charge in [-0.2, -0.15) is 5.10 Å². The van der Waals surface area contributed by atoms with Crippen LogP contribution < -0.4 is 15.4 Å². The van der Waals surface area contributed by atoms with Crippen molar-refractivity contribution in [3.8, 4) is 5.88 Å². The van der Waals surface area contributed by atoms with Crippen LogP contribution in [0.5, 0.6) is 5.88 Å². The molecule has 0 spiro atoms. The van der Waals surface area contributed by atoms with Crippen LogP contribution in [0, 0.1) is 0 Å². The third-order valence-electron chi connectivity index (χ3n) is 4.45. The van der Waals surface area contributed by atoms with Crippen molar-refractivity contribution >= 4 is 29.2 Å². The van der Waals surface area contributed by atoms with Gasteiger partial charge in [0, 0.05) is 48.8 Å². The van der Waals surface area contributed by atoms with Crippen LogP contribution in [0.3, 0.4) is 0 Å². The summed E-state index contributed by atoms with van der Waals surface area (Å²) in [6.07, 6.45) is 0.863. The zero-order valence-electron chi connectivity index (χ0n) is 14.3. The first-order valence-corrected chi connectivity index (χ1v) is 8.24. The smallest absolute Gasteiger partial charge is 0.272 e. The van der Waals surface area contributed by atoms with Crippen molar-refractivity contribution in [3.05, 3.63) is 52.8 Å². The molecular formula is C18H20ClN5O2. The Labute approximate surface area is 156 Å². The predicted molar refractivity (Wildman–Crippen MR) is 101 cm³/mol. The van der Waals surface area contributed by atoms with Gasteiger partial charge in [0.25, 0.3) is 5.91 Å². The first-order chi connectivity index (χ1) is 12.3. The lowest BCUT2D eigenvalue weighted by Crippen LogP contribution is -2.28. The molecule has 0 bridgehead atoms. The number of carbonyl (C=O) groups excluding carboxylic acids is 1. The van der Waals surface area contributed by atoms with Gasteiger partial charge in [-0.05, 0) is 11.6 Å². The molecule has 3 aromatic rings. The fraction of sp³-hybridized carbons (Fsp3) is 0.278. The van der Waals surface area contributed by atoms with E-state index in [1.54, 1.807) is 7.11 Å². The maximum Gasteiger partial charge on any atom is 0.272 e. The van der Waals surface area contributed by atoms with Crippen molar-refractivity contribution in [1.29, 1.82) is 0 Å². The number of para-hydroxylation sites is 1. The molecule has 26 heavy (non-hydrogen) atoms. The van der Waals surface area contributed by atoms with Crippen LogP contribution in [-0.4, -0.2) is 34.7 Å². The van der Waals surface area contributed by atoms with Gasteiger partial charge in [0.2, 0.25) is 5.88 Å². The molecule has 136 valence electrons. The summed E-state index contributed by atoms with van der Waals surface area (Å²) in [6, 6.07) is 9.66. The van der Waals surface area contributed by atoms with Gasteiger partial charge in [-0.15, -0.1) is 12.4 Å². The number of amides is 1. The van der Waals surface area contributed by atoms with E-state index < -0.39 is 0 Å². The first-order valence-electron chi connectivity index (χ1n) is 8.24. The van der Waals surface area contributed by atoms with Gasteiger partial charge in [-0.1, -0.05) is 18.2 Å². The molecule has 1 aromatic carbocycles. The highest BCUT2D eigenvalue weighted by molar-refractivity contribution is 5.94. The lowest BCUT2D eigenvalue weighted by molar-refractivity contribution is 0.0945. The molecule has 0 unspecified atom stereocenters. The average Bonchev–Trinajstić information content (AvgIpc) is 3.09. The third kappa shape index (κ3) is 3.36. The minimum atomic E-state index is -0.180. The Balaban J connectivity index is 0.00000196. The quantitative estimate of drug-likeness (QED) is 0.650. The Morgan fingerprint density at radius 2 is 2.19 bits per heavy atom. The Morgan fingerprint density at radius 1 is 1.35 bits per heavy atom. The second-order valence-electron chi connectivity index (χ2n) is 5.98. The first kappa shape index (κ1) is 18.2. The second kappa shape index (κ2) is 7.72. The van der Waals surface area contributed by atoms with E-state index >= 15 is 0 Å². The number of nitrogens with zero attached hydrogens (tertiary/aromatic N) is 2. The molecule has 1 aliphatic rings. The molecule has 0 atom stereocenters. The van der Waals surface area contributed by atoms with E-state index in [2.05, 4.69) is 25.8 Å². The van der Waals surface area contributed by atoms with Gasteiger partial charge in [0.05, 0.1) is 12.6 Å². The largest absolute Gasteiger partial charge is 0.481 e. The lowest BCUT2D eigenvalue weighted by atomic mass is 10.1. The summed E-state index contributed by atoms with van der Waals surface area (Å²) < 4.78 is 5.27. The van der Waals surface area contributed by atoms with Gasteiger partial charge in [0.1, 0.15) is 0 Å². The highest BCUT2D eigenvalue weighted by atomic mass is 35.5. The lowest BCUT2D eigenvalue weighted by Gasteiger charge is -2.13. The van der Waals surface area contributed by atoms with Gasteiger partial charge in [0.15, 0.2) is 5.69 Å². The maximum absolute atomic E-state index is 12.6. The molecular weight excluding hydrogens is 354 g/mol. The number of methoxy groups -OCH3 is 1.